The van der Waals surface area contributed by atoms with Crippen molar-refractivity contribution in [2.45, 2.75) is 0 Å². The highest BCUT2D eigenvalue weighted by molar-refractivity contribution is 7.87. The quantitative estimate of drug-likeness (QED) is 0.335. The van der Waals surface area contributed by atoms with Gasteiger partial charge in [-0.15, -0.1) is 5.53 Å². The summed E-state index contributed by atoms with van der Waals surface area (Å²) in [6.45, 7) is 0. The van der Waals surface area contributed by atoms with E-state index in [1.165, 1.54) is 24.3 Å². The second kappa shape index (κ2) is 8.10. The van der Waals surface area contributed by atoms with Crippen LogP contribution in [-0.4, -0.2) is 28.8 Å². The molecule has 0 aliphatic carbocycles. The first-order valence-electron chi connectivity index (χ1n) is 8.08. The van der Waals surface area contributed by atoms with Crippen LogP contribution in [0.15, 0.2) is 76.4 Å². The Balaban J connectivity index is 2.10. The molecule has 0 aliphatic heterocycles. The zero-order valence-corrected chi connectivity index (χ0v) is 15.5. The average Bonchev–Trinajstić information content (AvgIpc) is 2.70. The van der Waals surface area contributed by atoms with Gasteiger partial charge in [-0.25, -0.2) is 9.80 Å². The topological polar surface area (TPSA) is 156 Å². The molecule has 3 aromatic rings. The molecule has 0 spiro atoms. The molecule has 0 bridgehead atoms. The second-order valence-corrected chi connectivity index (χ2v) is 6.90. The van der Waals surface area contributed by atoms with Crippen LogP contribution in [0, 0.1) is 0 Å². The minimum atomic E-state index is -5.09. The van der Waals surface area contributed by atoms with E-state index in [4.69, 9.17) is 0 Å². The molecule has 0 saturated carbocycles. The van der Waals surface area contributed by atoms with Crippen molar-refractivity contribution in [1.29, 1.82) is 0 Å². The number of aromatic nitrogens is 2. The Kier molecular flexibility index (Phi) is 5.59. The summed E-state index contributed by atoms with van der Waals surface area (Å²) in [5.74, 6) is -0.675. The fraction of sp³-hybridized carbons (Fsp3) is 0. The molecule has 29 heavy (non-hydrogen) atoms. The van der Waals surface area contributed by atoms with Gasteiger partial charge in [0.1, 0.15) is 0 Å². The number of aromatic amines is 2. The first-order valence-corrected chi connectivity index (χ1v) is 9.47. The van der Waals surface area contributed by atoms with Crippen LogP contribution < -0.4 is 26.2 Å². The molecule has 2 aromatic carbocycles. The van der Waals surface area contributed by atoms with Gasteiger partial charge in [0.05, 0.1) is 5.69 Å². The molecular weight excluding hydrogens is 402 g/mol. The molecule has 0 saturated heterocycles. The maximum absolute atomic E-state index is 13.0. The van der Waals surface area contributed by atoms with Crippen LogP contribution >= 0.6 is 0 Å². The number of hydrogen-bond donors (Lipinski definition) is 4. The Morgan fingerprint density at radius 1 is 0.966 bits per heavy atom. The van der Waals surface area contributed by atoms with Crippen LogP contribution in [0.25, 0.3) is 0 Å². The van der Waals surface area contributed by atoms with E-state index in [9.17, 15) is 27.4 Å². The van der Waals surface area contributed by atoms with Gasteiger partial charge in [-0.3, -0.25) is 19.1 Å². The molecule has 1 amide bonds. The monoisotopic (exact) mass is 417 g/mol. The highest BCUT2D eigenvalue weighted by Gasteiger charge is 2.29. The smallest absolute Gasteiger partial charge is 0.312 e. The Morgan fingerprint density at radius 3 is 2.10 bits per heavy atom. The molecule has 0 aliphatic rings. The Bertz CT molecular complexity index is 1220. The summed E-state index contributed by atoms with van der Waals surface area (Å²) in [4.78, 5) is 40.2. The van der Waals surface area contributed by atoms with Crippen molar-refractivity contribution in [3.05, 3.63) is 93.3 Å². The van der Waals surface area contributed by atoms with Crippen LogP contribution in [0.4, 0.5) is 11.4 Å². The number of carbonyl (C=O) groups is 1. The zero-order valence-electron chi connectivity index (χ0n) is 14.6. The van der Waals surface area contributed by atoms with Gasteiger partial charge < -0.3 is 4.98 Å². The number of hydrogen-bond acceptors (Lipinski definition) is 6. The molecule has 12 heteroatoms. The number of H-pyrrole nitrogens is 2. The molecular formula is C17H15N5O6S. The van der Waals surface area contributed by atoms with Crippen LogP contribution in [0.2, 0.25) is 0 Å². The number of para-hydroxylation sites is 1. The summed E-state index contributed by atoms with van der Waals surface area (Å²) >= 11 is 0. The lowest BCUT2D eigenvalue weighted by atomic mass is 10.2. The molecule has 0 fully saturated rings. The number of anilines is 2. The second-order valence-electron chi connectivity index (χ2n) is 5.64. The molecule has 1 aromatic heterocycles. The predicted molar refractivity (Wildman–Crippen MR) is 105 cm³/mol. The number of amides is 1. The van der Waals surface area contributed by atoms with E-state index in [0.29, 0.717) is 0 Å². The van der Waals surface area contributed by atoms with Gasteiger partial charge in [0.2, 0.25) is 0 Å². The van der Waals surface area contributed by atoms with E-state index >= 15 is 0 Å². The predicted octanol–water partition coefficient (Wildman–Crippen LogP) is 0.439. The fourth-order valence-corrected chi connectivity index (χ4v) is 2.95. The van der Waals surface area contributed by atoms with Gasteiger partial charge in [0.25, 0.3) is 11.5 Å². The summed E-state index contributed by atoms with van der Waals surface area (Å²) < 4.78 is 33.6. The molecule has 4 N–H and O–H groups in total. The average molecular weight is 417 g/mol. The van der Waals surface area contributed by atoms with Gasteiger partial charge in [-0.2, -0.15) is 12.8 Å². The van der Waals surface area contributed by atoms with Crippen molar-refractivity contribution in [2.24, 2.45) is 0 Å². The summed E-state index contributed by atoms with van der Waals surface area (Å²) in [6.07, 6.45) is 0.776. The van der Waals surface area contributed by atoms with Crippen LogP contribution in [-0.2, 0) is 10.3 Å². The summed E-state index contributed by atoms with van der Waals surface area (Å²) in [5.41, 5.74) is -0.0206. The van der Waals surface area contributed by atoms with Gasteiger partial charge in [-0.05, 0) is 24.3 Å². The first kappa shape index (κ1) is 20.0. The van der Waals surface area contributed by atoms with E-state index < -0.39 is 33.1 Å². The normalized spacial score (nSPS) is 11.1. The molecule has 1 heterocycles. The van der Waals surface area contributed by atoms with Gasteiger partial charge in [-0.1, -0.05) is 36.4 Å². The van der Waals surface area contributed by atoms with Gasteiger partial charge >= 0.3 is 16.0 Å². The Labute approximate surface area is 164 Å². The third-order valence-corrected chi connectivity index (χ3v) is 4.42. The zero-order chi connectivity index (χ0) is 21.0. The number of benzene rings is 2. The number of hydrazine groups is 2. The highest BCUT2D eigenvalue weighted by atomic mass is 32.2. The summed E-state index contributed by atoms with van der Waals surface area (Å²) in [5, 5.41) is 0.827. The van der Waals surface area contributed by atoms with Gasteiger partial charge in [0.15, 0.2) is 5.69 Å². The summed E-state index contributed by atoms with van der Waals surface area (Å²) in [7, 11) is -5.09. The van der Waals surface area contributed by atoms with E-state index in [-0.39, 0.29) is 15.7 Å². The van der Waals surface area contributed by atoms with Crippen molar-refractivity contribution in [2.75, 3.05) is 9.42 Å². The van der Waals surface area contributed by atoms with Crippen molar-refractivity contribution >= 4 is 27.6 Å². The minimum Gasteiger partial charge on any atom is -0.312 e. The number of carbonyl (C=O) groups excluding carboxylic acids is 1. The lowest BCUT2D eigenvalue weighted by molar-refractivity contribution is 0.0975. The lowest BCUT2D eigenvalue weighted by Gasteiger charge is -2.29. The summed E-state index contributed by atoms with van der Waals surface area (Å²) in [6, 6.07) is 15.8. The number of nitrogens with zero attached hydrogens (tertiary/aromatic N) is 2. The molecule has 3 rings (SSSR count). The third-order valence-electron chi connectivity index (χ3n) is 3.68. The van der Waals surface area contributed by atoms with Gasteiger partial charge in [0, 0.05) is 11.8 Å². The molecule has 0 radical (unpaired) electrons. The third kappa shape index (κ3) is 4.57. The lowest BCUT2D eigenvalue weighted by Crippen LogP contribution is -2.56. The van der Waals surface area contributed by atoms with Crippen LogP contribution in [0.1, 0.15) is 10.4 Å². The Hall–Kier alpha value is -3.74. The van der Waals surface area contributed by atoms with E-state index in [1.807, 2.05) is 4.98 Å². The van der Waals surface area contributed by atoms with E-state index in [1.54, 1.807) is 36.4 Å². The van der Waals surface area contributed by atoms with E-state index in [2.05, 4.69) is 10.5 Å². The first-order chi connectivity index (χ1) is 13.8. The molecule has 11 nitrogen and oxygen atoms in total. The maximum Gasteiger partial charge on any atom is 0.375 e. The van der Waals surface area contributed by atoms with E-state index in [0.717, 1.165) is 11.2 Å². The van der Waals surface area contributed by atoms with Crippen molar-refractivity contribution in [1.82, 2.24) is 15.5 Å². The SMILES string of the molecule is O=C(c1ccccc1)N(NN(c1c[nH]c(=O)[nH]c1=O)S(=O)(=O)O)c1ccccc1. The standard InChI is InChI=1S/C17H15N5O6S/c23-15-14(11-18-17(25)19-15)22(29(26,27)28)20-21(13-9-5-2-6-10-13)16(24)12-7-3-1-4-8-12/h1-11,20H,(H,26,27,28)(H2,18,19,23,25). The van der Waals surface area contributed by atoms with Crippen molar-refractivity contribution < 1.29 is 17.8 Å². The van der Waals surface area contributed by atoms with Crippen LogP contribution in [0.3, 0.4) is 0 Å². The molecule has 0 atom stereocenters. The van der Waals surface area contributed by atoms with Crippen molar-refractivity contribution in [3.63, 3.8) is 0 Å². The minimum absolute atomic E-state index is 0.0651. The molecule has 0 unspecified atom stereocenters. The maximum atomic E-state index is 13.0. The fourth-order valence-electron chi connectivity index (χ4n) is 2.38. The highest BCUT2D eigenvalue weighted by Crippen LogP contribution is 2.17. The number of nitrogens with one attached hydrogen (secondary N) is 3. The van der Waals surface area contributed by atoms with Crippen molar-refractivity contribution in [3.8, 4) is 0 Å². The molecule has 150 valence electrons. The Morgan fingerprint density at radius 2 is 1.55 bits per heavy atom. The van der Waals surface area contributed by atoms with Crippen LogP contribution in [0.5, 0.6) is 0 Å². The largest absolute Gasteiger partial charge is 0.375 e. The number of rotatable bonds is 6.